The number of hydrogen-bond acceptors (Lipinski definition) is 9. The number of carbonyl (C=O) groups excluding carboxylic acids is 3. The van der Waals surface area contributed by atoms with Crippen LogP contribution in [0.4, 0.5) is 11.4 Å². The van der Waals surface area contributed by atoms with E-state index in [9.17, 15) is 14.4 Å². The molecule has 3 heterocycles. The van der Waals surface area contributed by atoms with E-state index in [-0.39, 0.29) is 36.5 Å². The van der Waals surface area contributed by atoms with Crippen LogP contribution in [0.2, 0.25) is 0 Å². The average Bonchev–Trinajstić information content (AvgIpc) is 3.80. The van der Waals surface area contributed by atoms with Gasteiger partial charge in [0, 0.05) is 44.6 Å². The van der Waals surface area contributed by atoms with E-state index in [1.807, 2.05) is 61.5 Å². The number of hydrogen-bond donors (Lipinski definition) is 1. The van der Waals surface area contributed by atoms with Gasteiger partial charge in [-0.05, 0) is 55.7 Å². The highest BCUT2D eigenvalue weighted by Gasteiger charge is 2.37. The lowest BCUT2D eigenvalue weighted by molar-refractivity contribution is -0.127. The number of rotatable bonds is 10. The third-order valence-corrected chi connectivity index (χ3v) is 7.86. The van der Waals surface area contributed by atoms with Crippen LogP contribution in [-0.2, 0) is 20.9 Å². The van der Waals surface area contributed by atoms with Crippen LogP contribution in [0.5, 0.6) is 11.5 Å². The molecular weight excluding hydrogens is 564 g/mol. The SMILES string of the molecule is CC(=O)c1cc2c(cc1N(C(=O)Cn1nnc3ccccc31)[C@H](C(=O)NC[C@H]1CCCO1)c1ccc(N(C)C)cc1)OCO2. The highest BCUT2D eigenvalue weighted by atomic mass is 16.7. The molecule has 0 spiro atoms. The van der Waals surface area contributed by atoms with Crippen LogP contribution in [0, 0.1) is 0 Å². The van der Waals surface area contributed by atoms with Crippen LogP contribution >= 0.6 is 0 Å². The molecule has 12 heteroatoms. The molecule has 2 amide bonds. The summed E-state index contributed by atoms with van der Waals surface area (Å²) in [6.45, 7) is 2.09. The maximum Gasteiger partial charge on any atom is 0.249 e. The van der Waals surface area contributed by atoms with E-state index in [2.05, 4.69) is 15.6 Å². The van der Waals surface area contributed by atoms with Crippen molar-refractivity contribution >= 4 is 40.0 Å². The van der Waals surface area contributed by atoms with Gasteiger partial charge in [0.15, 0.2) is 17.3 Å². The largest absolute Gasteiger partial charge is 0.454 e. The third-order valence-electron chi connectivity index (χ3n) is 7.86. The number of amides is 2. The molecule has 44 heavy (non-hydrogen) atoms. The summed E-state index contributed by atoms with van der Waals surface area (Å²) in [5.41, 5.74) is 3.21. The first-order chi connectivity index (χ1) is 21.3. The normalized spacial score (nSPS) is 16.1. The number of nitrogens with zero attached hydrogens (tertiary/aromatic N) is 5. The molecule has 12 nitrogen and oxygen atoms in total. The number of benzene rings is 3. The molecule has 3 aromatic carbocycles. The second-order valence-corrected chi connectivity index (χ2v) is 11.0. The number of carbonyl (C=O) groups is 3. The Morgan fingerprint density at radius 3 is 2.50 bits per heavy atom. The summed E-state index contributed by atoms with van der Waals surface area (Å²) in [5, 5.41) is 11.4. The minimum absolute atomic E-state index is 0.0215. The van der Waals surface area contributed by atoms with E-state index >= 15 is 0 Å². The summed E-state index contributed by atoms with van der Waals surface area (Å²) in [4.78, 5) is 45.1. The molecule has 1 aromatic heterocycles. The number of Topliss-reactive ketones (excluding diaryl/α,β-unsaturated/α-hetero) is 1. The van der Waals surface area contributed by atoms with Crippen molar-refractivity contribution in [1.29, 1.82) is 0 Å². The van der Waals surface area contributed by atoms with E-state index in [0.717, 1.165) is 18.5 Å². The molecule has 1 N–H and O–H groups in total. The topological polar surface area (TPSA) is 128 Å². The number of fused-ring (bicyclic) bond motifs is 2. The van der Waals surface area contributed by atoms with Crippen molar-refractivity contribution in [2.75, 3.05) is 43.8 Å². The first-order valence-corrected chi connectivity index (χ1v) is 14.5. The number of anilines is 2. The zero-order valence-electron chi connectivity index (χ0n) is 24.9. The van der Waals surface area contributed by atoms with Crippen molar-refractivity contribution in [2.24, 2.45) is 0 Å². The van der Waals surface area contributed by atoms with Gasteiger partial charge in [0.1, 0.15) is 18.1 Å². The molecule has 0 unspecified atom stereocenters. The summed E-state index contributed by atoms with van der Waals surface area (Å²) in [5.74, 6) is -0.430. The van der Waals surface area contributed by atoms with Gasteiger partial charge in [-0.15, -0.1) is 5.10 Å². The fraction of sp³-hybridized carbons (Fsp3) is 0.344. The molecule has 4 aromatic rings. The zero-order chi connectivity index (χ0) is 30.8. The summed E-state index contributed by atoms with van der Waals surface area (Å²) < 4.78 is 18.4. The summed E-state index contributed by atoms with van der Waals surface area (Å²) in [6.07, 6.45) is 1.65. The van der Waals surface area contributed by atoms with Crippen LogP contribution in [0.15, 0.2) is 60.7 Å². The quantitative estimate of drug-likeness (QED) is 0.273. The number of ketones is 1. The molecule has 0 radical (unpaired) electrons. The lowest BCUT2D eigenvalue weighted by Crippen LogP contribution is -2.47. The van der Waals surface area contributed by atoms with Gasteiger partial charge in [0.05, 0.1) is 17.3 Å². The van der Waals surface area contributed by atoms with E-state index in [4.69, 9.17) is 14.2 Å². The van der Waals surface area contributed by atoms with Crippen molar-refractivity contribution in [3.05, 3.63) is 71.8 Å². The number of nitrogens with one attached hydrogen (secondary N) is 1. The molecule has 228 valence electrons. The van der Waals surface area contributed by atoms with Crippen molar-refractivity contribution < 1.29 is 28.6 Å². The molecule has 1 fully saturated rings. The fourth-order valence-corrected chi connectivity index (χ4v) is 5.56. The predicted octanol–water partition coefficient (Wildman–Crippen LogP) is 3.50. The molecule has 2 aliphatic rings. The lowest BCUT2D eigenvalue weighted by atomic mass is 9.99. The van der Waals surface area contributed by atoms with Gasteiger partial charge in [-0.2, -0.15) is 0 Å². The average molecular weight is 599 g/mol. The molecule has 1 saturated heterocycles. The summed E-state index contributed by atoms with van der Waals surface area (Å²) >= 11 is 0. The maximum atomic E-state index is 14.5. The monoisotopic (exact) mass is 598 g/mol. The Kier molecular flexibility index (Phi) is 8.16. The van der Waals surface area contributed by atoms with Crippen molar-refractivity contribution in [2.45, 2.75) is 38.5 Å². The Morgan fingerprint density at radius 2 is 1.80 bits per heavy atom. The molecular formula is C32H34N6O6. The predicted molar refractivity (Wildman–Crippen MR) is 163 cm³/mol. The highest BCUT2D eigenvalue weighted by Crippen LogP contribution is 2.41. The Bertz CT molecular complexity index is 1700. The zero-order valence-corrected chi connectivity index (χ0v) is 24.9. The molecule has 2 aliphatic heterocycles. The number of aromatic nitrogens is 3. The Morgan fingerprint density at radius 1 is 1.05 bits per heavy atom. The standard InChI is InChI=1S/C32H34N6O6/c1-20(39)24-15-28-29(44-19-43-28)16-27(24)38(30(40)18-37-26-9-5-4-8-25(26)34-35-37)31(21-10-12-22(13-11-21)36(2)3)32(41)33-17-23-7-6-14-42-23/h4-5,8-13,15-16,23,31H,6-7,14,17-19H2,1-3H3,(H,33,41)/t23-,31+/m1/s1. The van der Waals surface area contributed by atoms with Crippen LogP contribution < -0.4 is 24.6 Å². The second-order valence-electron chi connectivity index (χ2n) is 11.0. The van der Waals surface area contributed by atoms with Crippen molar-refractivity contribution in [3.63, 3.8) is 0 Å². The van der Waals surface area contributed by atoms with Crippen LogP contribution in [-0.4, -0.2) is 72.7 Å². The minimum atomic E-state index is -1.15. The highest BCUT2D eigenvalue weighted by molar-refractivity contribution is 6.08. The second kappa shape index (κ2) is 12.3. The first kappa shape index (κ1) is 29.1. The number of para-hydroxylation sites is 1. The third kappa shape index (κ3) is 5.80. The van der Waals surface area contributed by atoms with Gasteiger partial charge >= 0.3 is 0 Å². The van der Waals surface area contributed by atoms with Gasteiger partial charge < -0.3 is 24.4 Å². The lowest BCUT2D eigenvalue weighted by Gasteiger charge is -2.33. The van der Waals surface area contributed by atoms with Gasteiger partial charge in [-0.25, -0.2) is 4.68 Å². The van der Waals surface area contributed by atoms with Crippen LogP contribution in [0.1, 0.15) is 41.7 Å². The van der Waals surface area contributed by atoms with Gasteiger partial charge in [-0.3, -0.25) is 19.3 Å². The Labute approximate surface area is 254 Å². The smallest absolute Gasteiger partial charge is 0.249 e. The van der Waals surface area contributed by atoms with Gasteiger partial charge in [-0.1, -0.05) is 29.5 Å². The van der Waals surface area contributed by atoms with E-state index in [1.54, 1.807) is 18.2 Å². The first-order valence-electron chi connectivity index (χ1n) is 14.5. The van der Waals surface area contributed by atoms with Crippen molar-refractivity contribution in [1.82, 2.24) is 20.3 Å². The van der Waals surface area contributed by atoms with Crippen LogP contribution in [0.3, 0.4) is 0 Å². The summed E-state index contributed by atoms with van der Waals surface area (Å²) in [6, 6.07) is 16.7. The van der Waals surface area contributed by atoms with E-state index in [1.165, 1.54) is 16.5 Å². The van der Waals surface area contributed by atoms with Gasteiger partial charge in [0.25, 0.3) is 0 Å². The molecule has 0 saturated carbocycles. The molecule has 0 aliphatic carbocycles. The maximum absolute atomic E-state index is 14.5. The fourth-order valence-electron chi connectivity index (χ4n) is 5.56. The summed E-state index contributed by atoms with van der Waals surface area (Å²) in [7, 11) is 3.84. The minimum Gasteiger partial charge on any atom is -0.454 e. The van der Waals surface area contributed by atoms with Gasteiger partial charge in [0.2, 0.25) is 18.6 Å². The van der Waals surface area contributed by atoms with Crippen LogP contribution in [0.25, 0.3) is 11.0 Å². The Hall–Kier alpha value is -4.97. The Balaban J connectivity index is 1.48. The molecule has 0 bridgehead atoms. The number of ether oxygens (including phenoxy) is 3. The molecule has 2 atom stereocenters. The molecule has 6 rings (SSSR count). The van der Waals surface area contributed by atoms with E-state index < -0.39 is 17.9 Å². The van der Waals surface area contributed by atoms with E-state index in [0.29, 0.717) is 41.2 Å². The van der Waals surface area contributed by atoms with Crippen molar-refractivity contribution in [3.8, 4) is 11.5 Å².